The minimum atomic E-state index is -3.49. The number of nitrogens with zero attached hydrogens (tertiary/aromatic N) is 2. The lowest BCUT2D eigenvalue weighted by atomic mass is 10.1. The third kappa shape index (κ3) is 5.57. The van der Waals surface area contributed by atoms with Gasteiger partial charge in [-0.1, -0.05) is 55.5 Å². The summed E-state index contributed by atoms with van der Waals surface area (Å²) < 4.78 is 26.2. The maximum absolute atomic E-state index is 12.6. The summed E-state index contributed by atoms with van der Waals surface area (Å²) in [6.07, 6.45) is 2.05. The number of hydrogen-bond acceptors (Lipinski definition) is 3. The summed E-state index contributed by atoms with van der Waals surface area (Å²) in [4.78, 5) is 14.2. The van der Waals surface area contributed by atoms with Crippen LogP contribution in [0.4, 0.5) is 5.69 Å². The molecule has 0 atom stereocenters. The molecule has 0 fully saturated rings. The molecule has 0 radical (unpaired) electrons. The highest BCUT2D eigenvalue weighted by molar-refractivity contribution is 7.92. The minimum absolute atomic E-state index is 0.0841. The van der Waals surface area contributed by atoms with Crippen molar-refractivity contribution in [3.63, 3.8) is 0 Å². The molecular formula is C21H28N2O3S. The molecule has 0 aliphatic rings. The molecule has 0 aliphatic carbocycles. The number of sulfonamides is 1. The van der Waals surface area contributed by atoms with Gasteiger partial charge in [0.1, 0.15) is 0 Å². The molecule has 0 aliphatic heterocycles. The van der Waals surface area contributed by atoms with Gasteiger partial charge in [-0.05, 0) is 30.0 Å². The van der Waals surface area contributed by atoms with Crippen molar-refractivity contribution in [2.45, 2.75) is 33.2 Å². The van der Waals surface area contributed by atoms with Crippen molar-refractivity contribution in [3.05, 3.63) is 65.2 Å². The highest BCUT2D eigenvalue weighted by Crippen LogP contribution is 2.28. The number of amides is 1. The first-order valence-corrected chi connectivity index (χ1v) is 10.9. The van der Waals surface area contributed by atoms with Gasteiger partial charge in [0.2, 0.25) is 15.9 Å². The van der Waals surface area contributed by atoms with E-state index in [1.807, 2.05) is 62.4 Å². The molecule has 0 N–H and O–H groups in total. The molecule has 0 saturated heterocycles. The van der Waals surface area contributed by atoms with Gasteiger partial charge in [-0.15, -0.1) is 0 Å². The lowest BCUT2D eigenvalue weighted by Crippen LogP contribution is -2.36. The van der Waals surface area contributed by atoms with Gasteiger partial charge in [0, 0.05) is 26.6 Å². The molecule has 2 aromatic carbocycles. The van der Waals surface area contributed by atoms with E-state index in [-0.39, 0.29) is 18.9 Å². The van der Waals surface area contributed by atoms with Crippen LogP contribution in [0.2, 0.25) is 0 Å². The molecule has 1 amide bonds. The maximum atomic E-state index is 12.6. The first-order chi connectivity index (χ1) is 12.7. The quantitative estimate of drug-likeness (QED) is 0.697. The standard InChI is InChI=1S/C21H28N2O3S/c1-5-19-13-9-10-17(2)21(19)23(27(4,25)26)15-14-20(24)22(3)16-18-11-7-6-8-12-18/h6-13H,5,14-16H2,1-4H3. The van der Waals surface area contributed by atoms with Gasteiger partial charge in [0.05, 0.1) is 11.9 Å². The van der Waals surface area contributed by atoms with Crippen LogP contribution in [-0.4, -0.2) is 39.1 Å². The lowest BCUT2D eigenvalue weighted by molar-refractivity contribution is -0.130. The van der Waals surface area contributed by atoms with Crippen LogP contribution in [0.15, 0.2) is 48.5 Å². The van der Waals surface area contributed by atoms with Gasteiger partial charge in [0.15, 0.2) is 0 Å². The second-order valence-corrected chi connectivity index (χ2v) is 8.66. The zero-order valence-electron chi connectivity index (χ0n) is 16.5. The van der Waals surface area contributed by atoms with Gasteiger partial charge in [-0.2, -0.15) is 0 Å². The summed E-state index contributed by atoms with van der Waals surface area (Å²) in [7, 11) is -1.75. The number of aryl methyl sites for hydroxylation is 2. The SMILES string of the molecule is CCc1cccc(C)c1N(CCC(=O)N(C)Cc1ccccc1)S(C)(=O)=O. The van der Waals surface area contributed by atoms with Crippen LogP contribution in [0, 0.1) is 6.92 Å². The monoisotopic (exact) mass is 388 g/mol. The predicted octanol–water partition coefficient (Wildman–Crippen LogP) is 3.37. The van der Waals surface area contributed by atoms with Crippen molar-refractivity contribution in [3.8, 4) is 0 Å². The van der Waals surface area contributed by atoms with E-state index < -0.39 is 10.0 Å². The third-order valence-electron chi connectivity index (χ3n) is 4.57. The van der Waals surface area contributed by atoms with Crippen molar-refractivity contribution in [1.29, 1.82) is 0 Å². The van der Waals surface area contributed by atoms with Gasteiger partial charge >= 0.3 is 0 Å². The van der Waals surface area contributed by atoms with Crippen molar-refractivity contribution in [1.82, 2.24) is 4.90 Å². The summed E-state index contributed by atoms with van der Waals surface area (Å²) in [5, 5.41) is 0. The van der Waals surface area contributed by atoms with Gasteiger partial charge < -0.3 is 4.90 Å². The molecule has 0 bridgehead atoms. The Balaban J connectivity index is 2.15. The van der Waals surface area contributed by atoms with Crippen LogP contribution in [0.25, 0.3) is 0 Å². The molecule has 0 saturated carbocycles. The van der Waals surface area contributed by atoms with Gasteiger partial charge in [-0.25, -0.2) is 8.42 Å². The summed E-state index contributed by atoms with van der Waals surface area (Å²) in [6, 6.07) is 15.5. The fourth-order valence-corrected chi connectivity index (χ4v) is 4.15. The van der Waals surface area contributed by atoms with Crippen LogP contribution >= 0.6 is 0 Å². The van der Waals surface area contributed by atoms with E-state index in [1.165, 1.54) is 10.6 Å². The average Bonchev–Trinajstić information content (AvgIpc) is 2.62. The third-order valence-corrected chi connectivity index (χ3v) is 5.73. The zero-order chi connectivity index (χ0) is 20.0. The topological polar surface area (TPSA) is 57.7 Å². The molecule has 27 heavy (non-hydrogen) atoms. The van der Waals surface area contributed by atoms with E-state index >= 15 is 0 Å². The number of carbonyl (C=O) groups excluding carboxylic acids is 1. The normalized spacial score (nSPS) is 11.3. The van der Waals surface area contributed by atoms with E-state index in [0.717, 1.165) is 23.1 Å². The fourth-order valence-electron chi connectivity index (χ4n) is 3.14. The van der Waals surface area contributed by atoms with Crippen molar-refractivity contribution in [2.24, 2.45) is 0 Å². The smallest absolute Gasteiger partial charge is 0.232 e. The summed E-state index contributed by atoms with van der Waals surface area (Å²) in [6.45, 7) is 4.53. The van der Waals surface area contributed by atoms with Crippen LogP contribution in [0.1, 0.15) is 30.0 Å². The van der Waals surface area contributed by atoms with E-state index in [9.17, 15) is 13.2 Å². The minimum Gasteiger partial charge on any atom is -0.341 e. The Morgan fingerprint density at radius 2 is 1.70 bits per heavy atom. The maximum Gasteiger partial charge on any atom is 0.232 e. The number of benzene rings is 2. The van der Waals surface area contributed by atoms with E-state index in [4.69, 9.17) is 0 Å². The van der Waals surface area contributed by atoms with Crippen LogP contribution < -0.4 is 4.31 Å². The van der Waals surface area contributed by atoms with Crippen molar-refractivity contribution in [2.75, 3.05) is 24.2 Å². The summed E-state index contributed by atoms with van der Waals surface area (Å²) in [5.74, 6) is -0.0841. The molecule has 0 heterocycles. The predicted molar refractivity (Wildman–Crippen MR) is 110 cm³/mol. The van der Waals surface area contributed by atoms with Crippen LogP contribution in [0.5, 0.6) is 0 Å². The van der Waals surface area contributed by atoms with Gasteiger partial charge in [-0.3, -0.25) is 9.10 Å². The Hall–Kier alpha value is -2.34. The largest absolute Gasteiger partial charge is 0.341 e. The Kier molecular flexibility index (Phi) is 7.02. The molecular weight excluding hydrogens is 360 g/mol. The zero-order valence-corrected chi connectivity index (χ0v) is 17.3. The summed E-state index contributed by atoms with van der Waals surface area (Å²) in [5.41, 5.74) is 3.59. The Bertz CT molecular complexity index is 880. The van der Waals surface area contributed by atoms with Crippen LogP contribution in [-0.2, 0) is 27.8 Å². The Morgan fingerprint density at radius 1 is 1.04 bits per heavy atom. The van der Waals surface area contributed by atoms with Gasteiger partial charge in [0.25, 0.3) is 0 Å². The Morgan fingerprint density at radius 3 is 2.30 bits per heavy atom. The molecule has 6 heteroatoms. The molecule has 0 spiro atoms. The number of hydrogen-bond donors (Lipinski definition) is 0. The lowest BCUT2D eigenvalue weighted by Gasteiger charge is -2.27. The number of anilines is 1. The number of carbonyl (C=O) groups is 1. The highest BCUT2D eigenvalue weighted by Gasteiger charge is 2.23. The molecule has 2 rings (SSSR count). The molecule has 0 aromatic heterocycles. The molecule has 0 unspecified atom stereocenters. The number of rotatable bonds is 8. The number of para-hydroxylation sites is 1. The van der Waals surface area contributed by atoms with Crippen molar-refractivity contribution >= 4 is 21.6 Å². The van der Waals surface area contributed by atoms with Crippen molar-refractivity contribution < 1.29 is 13.2 Å². The Labute approximate surface area is 162 Å². The summed E-state index contributed by atoms with van der Waals surface area (Å²) >= 11 is 0. The van der Waals surface area contributed by atoms with E-state index in [2.05, 4.69) is 0 Å². The second kappa shape index (κ2) is 9.04. The molecule has 2 aromatic rings. The first-order valence-electron chi connectivity index (χ1n) is 9.08. The fraction of sp³-hybridized carbons (Fsp3) is 0.381. The van der Waals surface area contributed by atoms with E-state index in [0.29, 0.717) is 12.2 Å². The van der Waals surface area contributed by atoms with E-state index in [1.54, 1.807) is 11.9 Å². The molecule has 5 nitrogen and oxygen atoms in total. The first kappa shape index (κ1) is 21.0. The average molecular weight is 389 g/mol. The highest BCUT2D eigenvalue weighted by atomic mass is 32.2. The molecule has 146 valence electrons. The van der Waals surface area contributed by atoms with Crippen LogP contribution in [0.3, 0.4) is 0 Å². The second-order valence-electron chi connectivity index (χ2n) is 6.76.